The van der Waals surface area contributed by atoms with E-state index in [2.05, 4.69) is 0 Å². The molecule has 0 saturated carbocycles. The van der Waals surface area contributed by atoms with Crippen LogP contribution in [0.1, 0.15) is 18.4 Å². The van der Waals surface area contributed by atoms with Crippen molar-refractivity contribution in [3.63, 3.8) is 0 Å². The number of benzene rings is 1. The number of rotatable bonds is 5. The average Bonchev–Trinajstić information content (AvgIpc) is 2.95. The van der Waals surface area contributed by atoms with Crippen molar-refractivity contribution in [3.8, 4) is 11.5 Å². The van der Waals surface area contributed by atoms with Crippen LogP contribution in [0.2, 0.25) is 0 Å². The summed E-state index contributed by atoms with van der Waals surface area (Å²) in [6.45, 7) is 0.851. The van der Waals surface area contributed by atoms with E-state index in [1.165, 1.54) is 7.11 Å². The Morgan fingerprint density at radius 1 is 1.52 bits per heavy atom. The number of hydrogen-bond acceptors (Lipinski definition) is 5. The highest BCUT2D eigenvalue weighted by molar-refractivity contribution is 5.81. The molecule has 0 spiro atoms. The van der Waals surface area contributed by atoms with E-state index in [0.717, 1.165) is 12.0 Å². The van der Waals surface area contributed by atoms with Gasteiger partial charge < -0.3 is 25.2 Å². The first-order chi connectivity index (χ1) is 10.0. The first-order valence-corrected chi connectivity index (χ1v) is 7.01. The van der Waals surface area contributed by atoms with Crippen LogP contribution in [0.25, 0.3) is 0 Å². The fourth-order valence-corrected chi connectivity index (χ4v) is 2.49. The Balaban J connectivity index is 1.96. The Morgan fingerprint density at radius 2 is 2.29 bits per heavy atom. The maximum absolute atomic E-state index is 12.3. The molecule has 1 heterocycles. The van der Waals surface area contributed by atoms with Gasteiger partial charge in [0.2, 0.25) is 0 Å². The molecule has 1 fully saturated rings. The van der Waals surface area contributed by atoms with E-state index in [1.807, 2.05) is 6.07 Å². The fraction of sp³-hybridized carbons (Fsp3) is 0.533. The summed E-state index contributed by atoms with van der Waals surface area (Å²) in [6, 6.07) is 5.10. The molecule has 6 heteroatoms. The van der Waals surface area contributed by atoms with Crippen LogP contribution in [-0.4, -0.2) is 48.8 Å². The molecule has 0 radical (unpaired) electrons. The molecular weight excluding hydrogens is 272 g/mol. The first kappa shape index (κ1) is 15.6. The maximum atomic E-state index is 12.3. The summed E-state index contributed by atoms with van der Waals surface area (Å²) in [5, 5.41) is 9.75. The van der Waals surface area contributed by atoms with Crippen LogP contribution in [0, 0.1) is 0 Å². The van der Waals surface area contributed by atoms with Crippen molar-refractivity contribution in [2.24, 2.45) is 5.73 Å². The highest BCUT2D eigenvalue weighted by Gasteiger charge is 2.31. The molecular formula is C15H22N2O4. The van der Waals surface area contributed by atoms with Crippen molar-refractivity contribution in [2.75, 3.05) is 20.7 Å². The second-order valence-electron chi connectivity index (χ2n) is 5.26. The van der Waals surface area contributed by atoms with Crippen LogP contribution >= 0.6 is 0 Å². The van der Waals surface area contributed by atoms with Crippen LogP contribution < -0.4 is 10.5 Å². The summed E-state index contributed by atoms with van der Waals surface area (Å²) in [5.41, 5.74) is 6.38. The molecule has 1 amide bonds. The Morgan fingerprint density at radius 3 is 2.86 bits per heavy atom. The maximum Gasteiger partial charge on any atom is 0.251 e. The molecule has 1 aromatic carbocycles. The van der Waals surface area contributed by atoms with Gasteiger partial charge in [-0.15, -0.1) is 0 Å². The standard InChI is InChI=1S/C15H22N2O4/c1-17(15(19)14-6-4-11(8-16)21-14)9-10-3-5-13(20-2)12(18)7-10/h3,5,7,11,14,18H,4,6,8-9,16H2,1-2H3/t11-,14+/m1/s1. The number of ether oxygens (including phenoxy) is 2. The van der Waals surface area contributed by atoms with E-state index < -0.39 is 6.10 Å². The Hall–Kier alpha value is -1.79. The minimum absolute atomic E-state index is 0.0163. The van der Waals surface area contributed by atoms with Crippen molar-refractivity contribution >= 4 is 5.91 Å². The normalized spacial score (nSPS) is 21.3. The van der Waals surface area contributed by atoms with Crippen LogP contribution in [0.4, 0.5) is 0 Å². The molecule has 116 valence electrons. The zero-order valence-electron chi connectivity index (χ0n) is 12.4. The van der Waals surface area contributed by atoms with Crippen molar-refractivity contribution in [1.82, 2.24) is 4.90 Å². The summed E-state index contributed by atoms with van der Waals surface area (Å²) in [7, 11) is 3.22. The smallest absolute Gasteiger partial charge is 0.251 e. The Labute approximate surface area is 124 Å². The molecule has 0 bridgehead atoms. The summed E-state index contributed by atoms with van der Waals surface area (Å²) in [6.07, 6.45) is 1.11. The van der Waals surface area contributed by atoms with E-state index in [4.69, 9.17) is 15.2 Å². The minimum Gasteiger partial charge on any atom is -0.504 e. The van der Waals surface area contributed by atoms with Crippen molar-refractivity contribution in [1.29, 1.82) is 0 Å². The molecule has 2 rings (SSSR count). The SMILES string of the molecule is COc1ccc(CN(C)C(=O)[C@@H]2CC[C@H](CN)O2)cc1O. The molecule has 2 atom stereocenters. The van der Waals surface area contributed by atoms with Crippen LogP contribution in [0.5, 0.6) is 11.5 Å². The quantitative estimate of drug-likeness (QED) is 0.841. The summed E-state index contributed by atoms with van der Waals surface area (Å²) in [4.78, 5) is 13.9. The number of carbonyl (C=O) groups is 1. The second kappa shape index (κ2) is 6.78. The van der Waals surface area contributed by atoms with Gasteiger partial charge in [0.15, 0.2) is 11.5 Å². The monoisotopic (exact) mass is 294 g/mol. The van der Waals surface area contributed by atoms with E-state index in [0.29, 0.717) is 25.3 Å². The summed E-state index contributed by atoms with van der Waals surface area (Å²) >= 11 is 0. The van der Waals surface area contributed by atoms with Crippen LogP contribution in [0.15, 0.2) is 18.2 Å². The van der Waals surface area contributed by atoms with Crippen LogP contribution in [-0.2, 0) is 16.1 Å². The van der Waals surface area contributed by atoms with E-state index in [1.54, 1.807) is 24.1 Å². The molecule has 21 heavy (non-hydrogen) atoms. The van der Waals surface area contributed by atoms with Crippen molar-refractivity contribution in [3.05, 3.63) is 23.8 Å². The van der Waals surface area contributed by atoms with Crippen molar-refractivity contribution in [2.45, 2.75) is 31.6 Å². The topological polar surface area (TPSA) is 85.0 Å². The number of likely N-dealkylation sites (N-methyl/N-ethyl adjacent to an activating group) is 1. The Kier molecular flexibility index (Phi) is 5.03. The highest BCUT2D eigenvalue weighted by Crippen LogP contribution is 2.27. The molecule has 1 saturated heterocycles. The zero-order valence-corrected chi connectivity index (χ0v) is 12.4. The van der Waals surface area contributed by atoms with Gasteiger partial charge in [0, 0.05) is 20.1 Å². The van der Waals surface area contributed by atoms with Gasteiger partial charge in [-0.1, -0.05) is 6.07 Å². The lowest BCUT2D eigenvalue weighted by molar-refractivity contribution is -0.141. The molecule has 3 N–H and O–H groups in total. The molecule has 0 aromatic heterocycles. The van der Waals surface area contributed by atoms with Gasteiger partial charge in [0.25, 0.3) is 5.91 Å². The van der Waals surface area contributed by atoms with Gasteiger partial charge >= 0.3 is 0 Å². The minimum atomic E-state index is -0.407. The molecule has 1 aliphatic heterocycles. The number of nitrogens with two attached hydrogens (primary N) is 1. The van der Waals surface area contributed by atoms with Crippen LogP contribution in [0.3, 0.4) is 0 Å². The lowest BCUT2D eigenvalue weighted by atomic mass is 10.1. The van der Waals surface area contributed by atoms with Gasteiger partial charge in [-0.3, -0.25) is 4.79 Å². The predicted molar refractivity (Wildman–Crippen MR) is 78.1 cm³/mol. The van der Waals surface area contributed by atoms with E-state index in [9.17, 15) is 9.90 Å². The molecule has 1 aliphatic rings. The third kappa shape index (κ3) is 3.65. The Bertz CT molecular complexity index is 506. The number of hydrogen-bond donors (Lipinski definition) is 2. The third-order valence-electron chi connectivity index (χ3n) is 3.69. The first-order valence-electron chi connectivity index (χ1n) is 7.01. The van der Waals surface area contributed by atoms with Gasteiger partial charge in [-0.05, 0) is 30.5 Å². The largest absolute Gasteiger partial charge is 0.504 e. The number of carbonyl (C=O) groups excluding carboxylic acids is 1. The molecule has 1 aromatic rings. The lowest BCUT2D eigenvalue weighted by Gasteiger charge is -2.21. The highest BCUT2D eigenvalue weighted by atomic mass is 16.5. The van der Waals surface area contributed by atoms with Crippen molar-refractivity contribution < 1.29 is 19.4 Å². The fourth-order valence-electron chi connectivity index (χ4n) is 2.49. The number of nitrogens with zero attached hydrogens (tertiary/aromatic N) is 1. The molecule has 6 nitrogen and oxygen atoms in total. The predicted octanol–water partition coefficient (Wildman–Crippen LogP) is 0.866. The third-order valence-corrected chi connectivity index (χ3v) is 3.69. The second-order valence-corrected chi connectivity index (χ2v) is 5.26. The lowest BCUT2D eigenvalue weighted by Crippen LogP contribution is -2.36. The van der Waals surface area contributed by atoms with E-state index in [-0.39, 0.29) is 17.8 Å². The molecule has 0 aliphatic carbocycles. The van der Waals surface area contributed by atoms with Gasteiger partial charge in [-0.2, -0.15) is 0 Å². The summed E-state index contributed by atoms with van der Waals surface area (Å²) < 4.78 is 10.6. The molecule has 0 unspecified atom stereocenters. The average molecular weight is 294 g/mol. The number of aromatic hydroxyl groups is 1. The number of phenols is 1. The number of methoxy groups -OCH3 is 1. The number of amides is 1. The number of phenolic OH excluding ortho intramolecular Hbond substituents is 1. The van der Waals surface area contributed by atoms with Gasteiger partial charge in [-0.25, -0.2) is 0 Å². The summed E-state index contributed by atoms with van der Waals surface area (Å²) in [5.74, 6) is 0.426. The zero-order chi connectivity index (χ0) is 15.4. The van der Waals surface area contributed by atoms with Gasteiger partial charge in [0.1, 0.15) is 6.10 Å². The van der Waals surface area contributed by atoms with Gasteiger partial charge in [0.05, 0.1) is 13.2 Å². The van der Waals surface area contributed by atoms with E-state index >= 15 is 0 Å².